The van der Waals surface area contributed by atoms with Crippen molar-refractivity contribution >= 4 is 10.2 Å². The zero-order valence-corrected chi connectivity index (χ0v) is 10.2. The normalized spacial score (nSPS) is 27.9. The van der Waals surface area contributed by atoms with Gasteiger partial charge in [-0.15, -0.1) is 0 Å². The lowest BCUT2D eigenvalue weighted by atomic mass is 9.96. The summed E-state index contributed by atoms with van der Waals surface area (Å²) in [6, 6.07) is 0.562. The van der Waals surface area contributed by atoms with Gasteiger partial charge in [0.05, 0.1) is 0 Å². The molecule has 0 bridgehead atoms. The maximum absolute atomic E-state index is 11.3. The molecule has 1 fully saturated rings. The van der Waals surface area contributed by atoms with Gasteiger partial charge >= 0.3 is 0 Å². The predicted octanol–water partition coefficient (Wildman–Crippen LogP) is -0.182. The molecule has 0 spiro atoms. The molecule has 0 aliphatic carbocycles. The third-order valence-corrected chi connectivity index (χ3v) is 3.87. The van der Waals surface area contributed by atoms with Crippen LogP contribution < -0.4 is 14.8 Å². The quantitative estimate of drug-likeness (QED) is 0.619. The molecule has 0 radical (unpaired) electrons. The minimum Gasteiger partial charge on any atom is -0.314 e. The average molecular weight is 235 g/mol. The lowest BCUT2D eigenvalue weighted by Crippen LogP contribution is -2.44. The molecular weight excluding hydrogens is 214 g/mol. The number of piperidine rings is 1. The highest BCUT2D eigenvalue weighted by Crippen LogP contribution is 2.12. The molecule has 0 saturated carbocycles. The summed E-state index contributed by atoms with van der Waals surface area (Å²) in [4.78, 5) is 0. The van der Waals surface area contributed by atoms with Crippen molar-refractivity contribution in [1.29, 1.82) is 0 Å². The molecule has 1 aliphatic rings. The summed E-state index contributed by atoms with van der Waals surface area (Å²) in [5, 5.41) is 3.35. The van der Waals surface area contributed by atoms with Crippen LogP contribution in [0.1, 0.15) is 26.7 Å². The van der Waals surface area contributed by atoms with Crippen molar-refractivity contribution in [1.82, 2.24) is 14.8 Å². The number of hydrogen-bond donors (Lipinski definition) is 3. The Hall–Kier alpha value is -0.170. The van der Waals surface area contributed by atoms with Gasteiger partial charge in [0, 0.05) is 19.1 Å². The summed E-state index contributed by atoms with van der Waals surface area (Å²) in [5.74, 6) is 0.412. The molecule has 1 heterocycles. The Morgan fingerprint density at radius 1 is 1.33 bits per heavy atom. The smallest absolute Gasteiger partial charge is 0.276 e. The first kappa shape index (κ1) is 12.9. The van der Waals surface area contributed by atoms with Crippen molar-refractivity contribution in [2.24, 2.45) is 5.92 Å². The fourth-order valence-corrected chi connectivity index (χ4v) is 2.64. The first-order chi connectivity index (χ1) is 7.03. The number of rotatable bonds is 5. The van der Waals surface area contributed by atoms with E-state index in [4.69, 9.17) is 0 Å². The highest BCUT2D eigenvalue weighted by Gasteiger charge is 2.19. The standard InChI is InChI=1S/C9H21N3O2S/c1-3-11-15(13,14)12-7-9-5-4-8(2)10-6-9/h8-12H,3-7H2,1-2H3. The summed E-state index contributed by atoms with van der Waals surface area (Å²) in [6.07, 6.45) is 2.20. The summed E-state index contributed by atoms with van der Waals surface area (Å²) < 4.78 is 27.6. The van der Waals surface area contributed by atoms with Crippen LogP contribution in [-0.2, 0) is 10.2 Å². The molecule has 2 atom stereocenters. The molecule has 0 aromatic carbocycles. The molecule has 2 unspecified atom stereocenters. The van der Waals surface area contributed by atoms with Gasteiger partial charge in [0.15, 0.2) is 0 Å². The molecule has 90 valence electrons. The Labute approximate surface area is 92.2 Å². The van der Waals surface area contributed by atoms with Crippen molar-refractivity contribution in [3.8, 4) is 0 Å². The Morgan fingerprint density at radius 2 is 2.07 bits per heavy atom. The number of hydrogen-bond acceptors (Lipinski definition) is 3. The SMILES string of the molecule is CCNS(=O)(=O)NCC1CCC(C)NC1. The van der Waals surface area contributed by atoms with Gasteiger partial charge < -0.3 is 5.32 Å². The van der Waals surface area contributed by atoms with Crippen LogP contribution in [0.15, 0.2) is 0 Å². The molecule has 3 N–H and O–H groups in total. The average Bonchev–Trinajstić information content (AvgIpc) is 2.17. The fourth-order valence-electron chi connectivity index (χ4n) is 1.70. The maximum Gasteiger partial charge on any atom is 0.276 e. The highest BCUT2D eigenvalue weighted by molar-refractivity contribution is 7.87. The van der Waals surface area contributed by atoms with E-state index in [9.17, 15) is 8.42 Å². The minimum atomic E-state index is -3.27. The third-order valence-electron chi connectivity index (χ3n) is 2.66. The van der Waals surface area contributed by atoms with Crippen molar-refractivity contribution in [3.05, 3.63) is 0 Å². The van der Waals surface area contributed by atoms with E-state index < -0.39 is 10.2 Å². The predicted molar refractivity (Wildman–Crippen MR) is 60.8 cm³/mol. The van der Waals surface area contributed by atoms with E-state index >= 15 is 0 Å². The van der Waals surface area contributed by atoms with E-state index in [0.717, 1.165) is 19.4 Å². The monoisotopic (exact) mass is 235 g/mol. The van der Waals surface area contributed by atoms with E-state index in [1.807, 2.05) is 0 Å². The van der Waals surface area contributed by atoms with Gasteiger partial charge in [0.25, 0.3) is 10.2 Å². The molecule has 1 saturated heterocycles. The third kappa shape index (κ3) is 4.92. The van der Waals surface area contributed by atoms with Gasteiger partial charge in [0.1, 0.15) is 0 Å². The first-order valence-electron chi connectivity index (χ1n) is 5.51. The van der Waals surface area contributed by atoms with Crippen LogP contribution in [0, 0.1) is 5.92 Å². The Bertz CT molecular complexity index is 271. The van der Waals surface area contributed by atoms with Crippen LogP contribution in [0.5, 0.6) is 0 Å². The van der Waals surface area contributed by atoms with Crippen molar-refractivity contribution in [3.63, 3.8) is 0 Å². The van der Waals surface area contributed by atoms with Crippen LogP contribution in [0.2, 0.25) is 0 Å². The van der Waals surface area contributed by atoms with Crippen molar-refractivity contribution in [2.45, 2.75) is 32.7 Å². The van der Waals surface area contributed by atoms with Gasteiger partial charge in [-0.2, -0.15) is 8.42 Å². The van der Waals surface area contributed by atoms with Crippen molar-refractivity contribution < 1.29 is 8.42 Å². The Balaban J connectivity index is 2.25. The highest BCUT2D eigenvalue weighted by atomic mass is 32.2. The lowest BCUT2D eigenvalue weighted by molar-refractivity contribution is 0.323. The van der Waals surface area contributed by atoms with Gasteiger partial charge in [-0.3, -0.25) is 0 Å². The number of nitrogens with one attached hydrogen (secondary N) is 3. The molecule has 0 aromatic heterocycles. The first-order valence-corrected chi connectivity index (χ1v) is 6.99. The lowest BCUT2D eigenvalue weighted by Gasteiger charge is -2.27. The second kappa shape index (κ2) is 5.79. The summed E-state index contributed by atoms with van der Waals surface area (Å²) >= 11 is 0. The molecule has 0 amide bonds. The van der Waals surface area contributed by atoms with Crippen LogP contribution in [0.4, 0.5) is 0 Å². The minimum absolute atomic E-state index is 0.412. The summed E-state index contributed by atoms with van der Waals surface area (Å²) in [7, 11) is -3.27. The van der Waals surface area contributed by atoms with Crippen molar-refractivity contribution in [2.75, 3.05) is 19.6 Å². The zero-order chi connectivity index (χ0) is 11.3. The van der Waals surface area contributed by atoms with Gasteiger partial charge in [-0.1, -0.05) is 6.92 Å². The Morgan fingerprint density at radius 3 is 2.60 bits per heavy atom. The molecule has 0 aromatic rings. The molecule has 1 rings (SSSR count). The second-order valence-corrected chi connectivity index (χ2v) is 5.69. The fraction of sp³-hybridized carbons (Fsp3) is 1.00. The van der Waals surface area contributed by atoms with E-state index in [1.165, 1.54) is 0 Å². The van der Waals surface area contributed by atoms with Gasteiger partial charge in [-0.25, -0.2) is 9.44 Å². The summed E-state index contributed by atoms with van der Waals surface area (Å²) in [6.45, 7) is 5.77. The molecule has 15 heavy (non-hydrogen) atoms. The maximum atomic E-state index is 11.3. The molecule has 1 aliphatic heterocycles. The van der Waals surface area contributed by atoms with Crippen LogP contribution in [0.3, 0.4) is 0 Å². The van der Waals surface area contributed by atoms with Gasteiger partial charge in [0.2, 0.25) is 0 Å². The van der Waals surface area contributed by atoms with E-state index in [1.54, 1.807) is 6.92 Å². The van der Waals surface area contributed by atoms with Crippen LogP contribution in [-0.4, -0.2) is 34.1 Å². The largest absolute Gasteiger partial charge is 0.314 e. The van der Waals surface area contributed by atoms with Gasteiger partial charge in [-0.05, 0) is 32.2 Å². The van der Waals surface area contributed by atoms with Crippen LogP contribution in [0.25, 0.3) is 0 Å². The van der Waals surface area contributed by atoms with Crippen LogP contribution >= 0.6 is 0 Å². The topological polar surface area (TPSA) is 70.2 Å². The molecule has 5 nitrogen and oxygen atoms in total. The summed E-state index contributed by atoms with van der Waals surface area (Å²) in [5.41, 5.74) is 0. The zero-order valence-electron chi connectivity index (χ0n) is 9.41. The van der Waals surface area contributed by atoms with E-state index in [2.05, 4.69) is 21.7 Å². The van der Waals surface area contributed by atoms with E-state index in [0.29, 0.717) is 25.0 Å². The Kier molecular flexibility index (Phi) is 4.98. The molecule has 6 heteroatoms. The second-order valence-electron chi connectivity index (χ2n) is 4.10. The van der Waals surface area contributed by atoms with E-state index in [-0.39, 0.29) is 0 Å². The molecular formula is C9H21N3O2S.